The van der Waals surface area contributed by atoms with E-state index >= 15 is 0 Å². The summed E-state index contributed by atoms with van der Waals surface area (Å²) in [6.07, 6.45) is 0.844. The van der Waals surface area contributed by atoms with Crippen molar-refractivity contribution in [1.82, 2.24) is 4.90 Å². The molecule has 1 atom stereocenters. The molecule has 2 heterocycles. The third-order valence-corrected chi connectivity index (χ3v) is 4.49. The summed E-state index contributed by atoms with van der Waals surface area (Å²) in [6, 6.07) is 3.43. The molecule has 1 fully saturated rings. The number of ether oxygens (including phenoxy) is 1. The number of aromatic carboxylic acids is 1. The van der Waals surface area contributed by atoms with Gasteiger partial charge in [-0.25, -0.2) is 4.79 Å². The Kier molecular flexibility index (Phi) is 4.92. The van der Waals surface area contributed by atoms with Crippen molar-refractivity contribution in [2.45, 2.75) is 31.3 Å². The molecule has 25 heavy (non-hydrogen) atoms. The minimum Gasteiger partial charge on any atom is -0.535 e. The number of aryl methyl sites for hydroxylation is 1. The van der Waals surface area contributed by atoms with Gasteiger partial charge in [-0.3, -0.25) is 4.90 Å². The molecule has 0 spiro atoms. The van der Waals surface area contributed by atoms with Crippen molar-refractivity contribution in [1.29, 1.82) is 0 Å². The summed E-state index contributed by atoms with van der Waals surface area (Å²) >= 11 is 0. The van der Waals surface area contributed by atoms with Crippen molar-refractivity contribution >= 4 is 13.1 Å². The van der Waals surface area contributed by atoms with E-state index in [2.05, 4.69) is 0 Å². The van der Waals surface area contributed by atoms with Crippen molar-refractivity contribution in [2.75, 3.05) is 26.2 Å². The van der Waals surface area contributed by atoms with Gasteiger partial charge in [0.15, 0.2) is 0 Å². The lowest BCUT2D eigenvalue weighted by molar-refractivity contribution is 0.000475. The van der Waals surface area contributed by atoms with Gasteiger partial charge in [-0.1, -0.05) is 6.07 Å². The van der Waals surface area contributed by atoms with Gasteiger partial charge in [0.25, 0.3) is 0 Å². The zero-order chi connectivity index (χ0) is 18.2. The summed E-state index contributed by atoms with van der Waals surface area (Å²) in [5, 5.41) is 28.4. The van der Waals surface area contributed by atoms with Crippen LogP contribution >= 0.6 is 0 Å². The lowest BCUT2D eigenvalue weighted by atomic mass is 9.78. The van der Waals surface area contributed by atoms with E-state index in [1.165, 1.54) is 0 Å². The Balaban J connectivity index is 1.70. The maximum atomic E-state index is 11.7. The van der Waals surface area contributed by atoms with E-state index in [0.29, 0.717) is 32.4 Å². The molecule has 8 nitrogen and oxygen atoms in total. The zero-order valence-corrected chi connectivity index (χ0v) is 14.1. The van der Waals surface area contributed by atoms with E-state index in [-0.39, 0.29) is 29.8 Å². The fraction of sp³-hybridized carbons (Fsp3) is 0.562. The number of aliphatic hydroxyl groups is 1. The van der Waals surface area contributed by atoms with E-state index in [0.717, 1.165) is 5.56 Å². The monoisotopic (exact) mass is 350 g/mol. The molecular formula is C16H23BN2O6. The number of aliphatic hydroxyl groups excluding tert-OH is 1. The molecule has 0 radical (unpaired) electrons. The van der Waals surface area contributed by atoms with Crippen LogP contribution in [0.5, 0.6) is 11.5 Å². The van der Waals surface area contributed by atoms with Gasteiger partial charge in [0.1, 0.15) is 23.2 Å². The van der Waals surface area contributed by atoms with E-state index in [1.54, 1.807) is 19.1 Å². The van der Waals surface area contributed by atoms with Crippen LogP contribution in [0.4, 0.5) is 0 Å². The van der Waals surface area contributed by atoms with E-state index in [9.17, 15) is 20.0 Å². The van der Waals surface area contributed by atoms with Crippen LogP contribution in [0.2, 0.25) is 6.32 Å². The number of nitrogens with two attached hydrogens (primary N) is 1. The number of hydrogen-bond acceptors (Lipinski definition) is 7. The Bertz CT molecular complexity index is 662. The molecule has 0 bridgehead atoms. The highest BCUT2D eigenvalue weighted by Crippen LogP contribution is 2.37. The van der Waals surface area contributed by atoms with Crippen LogP contribution in [0, 0.1) is 0 Å². The number of carbonyl (C=O) groups is 1. The molecule has 1 aromatic rings. The fourth-order valence-corrected chi connectivity index (χ4v) is 3.18. The summed E-state index contributed by atoms with van der Waals surface area (Å²) in [6.45, 7) is 3.41. The molecule has 0 aromatic heterocycles. The second-order valence-electron chi connectivity index (χ2n) is 7.09. The third-order valence-electron chi connectivity index (χ3n) is 4.49. The molecule has 5 N–H and O–H groups in total. The van der Waals surface area contributed by atoms with Crippen LogP contribution < -0.4 is 15.1 Å². The van der Waals surface area contributed by atoms with E-state index in [1.807, 2.05) is 4.90 Å². The van der Waals surface area contributed by atoms with Crippen LogP contribution in [0.15, 0.2) is 12.1 Å². The van der Waals surface area contributed by atoms with Gasteiger partial charge in [0.05, 0.1) is 6.61 Å². The number of benzene rings is 1. The second-order valence-corrected chi connectivity index (χ2v) is 7.09. The minimum absolute atomic E-state index is 0.0475. The molecular weight excluding hydrogens is 327 g/mol. The fourth-order valence-electron chi connectivity index (χ4n) is 3.18. The van der Waals surface area contributed by atoms with Gasteiger partial charge in [-0.2, -0.15) is 0 Å². The third kappa shape index (κ3) is 3.90. The summed E-state index contributed by atoms with van der Waals surface area (Å²) in [7, 11) is -0.999. The van der Waals surface area contributed by atoms with Crippen molar-refractivity contribution in [3.63, 3.8) is 0 Å². The number of hydrogen-bond donors (Lipinski definition) is 4. The van der Waals surface area contributed by atoms with Crippen molar-refractivity contribution < 1.29 is 29.4 Å². The molecule has 2 aliphatic rings. The Morgan fingerprint density at radius 2 is 2.24 bits per heavy atom. The zero-order valence-electron chi connectivity index (χ0n) is 14.1. The molecule has 1 saturated heterocycles. The van der Waals surface area contributed by atoms with Crippen LogP contribution in [0.1, 0.15) is 22.8 Å². The number of carboxylic acids is 1. The van der Waals surface area contributed by atoms with Crippen molar-refractivity contribution in [2.24, 2.45) is 5.73 Å². The average molecular weight is 350 g/mol. The lowest BCUT2D eigenvalue weighted by Crippen LogP contribution is -2.61. The molecule has 0 aliphatic carbocycles. The van der Waals surface area contributed by atoms with Crippen molar-refractivity contribution in [3.8, 4) is 11.5 Å². The van der Waals surface area contributed by atoms with Crippen molar-refractivity contribution in [3.05, 3.63) is 23.3 Å². The van der Waals surface area contributed by atoms with Gasteiger partial charge in [-0.15, -0.1) is 0 Å². The Labute approximate surface area is 146 Å². The number of rotatable bonds is 6. The summed E-state index contributed by atoms with van der Waals surface area (Å²) < 4.78 is 11.2. The highest BCUT2D eigenvalue weighted by Gasteiger charge is 2.35. The quantitative estimate of drug-likeness (QED) is 0.510. The summed E-state index contributed by atoms with van der Waals surface area (Å²) in [4.78, 5) is 13.7. The van der Waals surface area contributed by atoms with Crippen LogP contribution in [-0.4, -0.2) is 71.1 Å². The first-order valence-corrected chi connectivity index (χ1v) is 8.32. The standard InChI is InChI=1S/C16H23BN2O6/c1-16(18,9-20)8-19-6-11(7-19)24-12-3-2-10-4-5-17(23)25-14(10)13(12)15(21)22/h2-3,11,20,23H,4-9,18H2,1H3,(H,21,22). The topological polar surface area (TPSA) is 125 Å². The van der Waals surface area contributed by atoms with Gasteiger partial charge in [0.2, 0.25) is 0 Å². The SMILES string of the molecule is CC(N)(CO)CN1CC(Oc2ccc3c(c2C(=O)O)OB(O)CC3)C1. The van der Waals surface area contributed by atoms with Gasteiger partial charge < -0.3 is 30.4 Å². The molecule has 0 amide bonds. The molecule has 1 unspecified atom stereocenters. The smallest absolute Gasteiger partial charge is 0.522 e. The number of fused-ring (bicyclic) bond motifs is 1. The molecule has 2 aliphatic heterocycles. The maximum absolute atomic E-state index is 11.7. The average Bonchev–Trinajstić information content (AvgIpc) is 2.51. The number of nitrogens with zero attached hydrogens (tertiary/aromatic N) is 1. The first kappa shape index (κ1) is 18.0. The first-order valence-electron chi connectivity index (χ1n) is 8.32. The lowest BCUT2D eigenvalue weighted by Gasteiger charge is -2.42. The molecule has 9 heteroatoms. The van der Waals surface area contributed by atoms with Gasteiger partial charge >= 0.3 is 13.1 Å². The van der Waals surface area contributed by atoms with Crippen LogP contribution in [0.25, 0.3) is 0 Å². The molecule has 3 rings (SSSR count). The number of likely N-dealkylation sites (tertiary alicyclic amines) is 1. The molecule has 0 saturated carbocycles. The normalized spacial score (nSPS) is 20.2. The minimum atomic E-state index is -1.15. The highest BCUT2D eigenvalue weighted by atomic mass is 16.5. The van der Waals surface area contributed by atoms with E-state index < -0.39 is 18.6 Å². The Hall–Kier alpha value is -1.81. The molecule has 1 aromatic carbocycles. The van der Waals surface area contributed by atoms with E-state index in [4.69, 9.17) is 15.1 Å². The van der Waals surface area contributed by atoms with Crippen LogP contribution in [0.3, 0.4) is 0 Å². The second kappa shape index (κ2) is 6.83. The molecule has 136 valence electrons. The van der Waals surface area contributed by atoms with Gasteiger partial charge in [0, 0.05) is 25.2 Å². The largest absolute Gasteiger partial charge is 0.535 e. The highest BCUT2D eigenvalue weighted by molar-refractivity contribution is 6.44. The predicted octanol–water partition coefficient (Wildman–Crippen LogP) is -0.427. The first-order chi connectivity index (χ1) is 11.8. The summed E-state index contributed by atoms with van der Waals surface area (Å²) in [5.41, 5.74) is 5.96. The Morgan fingerprint density at radius 3 is 2.88 bits per heavy atom. The predicted molar refractivity (Wildman–Crippen MR) is 91.0 cm³/mol. The Morgan fingerprint density at radius 1 is 1.52 bits per heavy atom. The van der Waals surface area contributed by atoms with Gasteiger partial charge in [-0.05, 0) is 31.3 Å². The number of carboxylic acid groups (broad SMARTS) is 1. The van der Waals surface area contributed by atoms with Crippen LogP contribution in [-0.2, 0) is 6.42 Å². The maximum Gasteiger partial charge on any atom is 0.522 e. The summed E-state index contributed by atoms with van der Waals surface area (Å²) in [5.74, 6) is -0.718.